The van der Waals surface area contributed by atoms with Crippen LogP contribution < -0.4 is 14.8 Å². The van der Waals surface area contributed by atoms with Gasteiger partial charge < -0.3 is 19.7 Å². The maximum atomic E-state index is 12.6. The van der Waals surface area contributed by atoms with E-state index in [0.29, 0.717) is 57.8 Å². The van der Waals surface area contributed by atoms with Crippen molar-refractivity contribution < 1.29 is 19.1 Å². The number of ketones is 1. The number of anilines is 1. The average Bonchev–Trinajstić information content (AvgIpc) is 3.29. The summed E-state index contributed by atoms with van der Waals surface area (Å²) in [7, 11) is 6.55. The lowest BCUT2D eigenvalue weighted by molar-refractivity contribution is -0.133. The second-order valence-electron chi connectivity index (χ2n) is 9.54. The first-order valence-electron chi connectivity index (χ1n) is 12.2. The summed E-state index contributed by atoms with van der Waals surface area (Å²) in [5.41, 5.74) is 2.06. The van der Waals surface area contributed by atoms with Gasteiger partial charge in [-0.3, -0.25) is 9.59 Å². The number of nitrogens with zero attached hydrogens (tertiary/aromatic N) is 3. The van der Waals surface area contributed by atoms with E-state index in [0.717, 1.165) is 10.9 Å². The van der Waals surface area contributed by atoms with Crippen LogP contribution >= 0.6 is 23.2 Å². The van der Waals surface area contributed by atoms with E-state index in [1.54, 1.807) is 31.3 Å². The van der Waals surface area contributed by atoms with Crippen molar-refractivity contribution in [3.63, 3.8) is 0 Å². The first-order chi connectivity index (χ1) is 18.2. The number of hydrogen-bond donors (Lipinski definition) is 1. The summed E-state index contributed by atoms with van der Waals surface area (Å²) in [6.07, 6.45) is 4.59. The van der Waals surface area contributed by atoms with Gasteiger partial charge in [-0.25, -0.2) is 9.97 Å². The molecule has 2 aromatic carbocycles. The Kier molecular flexibility index (Phi) is 8.43. The summed E-state index contributed by atoms with van der Waals surface area (Å²) in [5, 5.41) is 4.91. The van der Waals surface area contributed by atoms with Gasteiger partial charge in [0.1, 0.15) is 11.5 Å². The summed E-state index contributed by atoms with van der Waals surface area (Å²) in [6, 6.07) is 7.16. The molecule has 8 nitrogen and oxygen atoms in total. The summed E-state index contributed by atoms with van der Waals surface area (Å²) in [4.78, 5) is 35.5. The van der Waals surface area contributed by atoms with Gasteiger partial charge in [-0.2, -0.15) is 0 Å². The Morgan fingerprint density at radius 3 is 2.42 bits per heavy atom. The van der Waals surface area contributed by atoms with Gasteiger partial charge in [-0.1, -0.05) is 35.8 Å². The lowest BCUT2D eigenvalue weighted by Crippen LogP contribution is -2.29. The average molecular weight is 557 g/mol. The SMILES string of the molecule is C=CC(=O)CC1C[C@@H](C(=O)N(C)C)CC1Nc1ncc2cc(-c3c(Cl)c(OC)cc(OC)c3Cl)ccc2n1. The minimum absolute atomic E-state index is 0.0246. The molecule has 10 heteroatoms. The number of methoxy groups -OCH3 is 2. The number of benzene rings is 2. The molecule has 3 atom stereocenters. The molecule has 1 aliphatic carbocycles. The van der Waals surface area contributed by atoms with E-state index in [9.17, 15) is 9.59 Å². The van der Waals surface area contributed by atoms with Crippen LogP contribution in [0.2, 0.25) is 10.0 Å². The molecule has 0 spiro atoms. The normalized spacial score (nSPS) is 18.7. The summed E-state index contributed by atoms with van der Waals surface area (Å²) < 4.78 is 10.8. The van der Waals surface area contributed by atoms with Crippen LogP contribution in [0.15, 0.2) is 43.1 Å². The predicted octanol–water partition coefficient (Wildman–Crippen LogP) is 5.66. The Balaban J connectivity index is 1.63. The molecule has 3 aromatic rings. The molecular formula is C28H30Cl2N4O4. The van der Waals surface area contributed by atoms with Crippen molar-refractivity contribution >= 4 is 51.7 Å². The van der Waals surface area contributed by atoms with Crippen LogP contribution in [0.1, 0.15) is 19.3 Å². The number of ether oxygens (including phenoxy) is 2. The van der Waals surface area contributed by atoms with Crippen LogP contribution in [-0.2, 0) is 9.59 Å². The van der Waals surface area contributed by atoms with E-state index >= 15 is 0 Å². The maximum Gasteiger partial charge on any atom is 0.225 e. The van der Waals surface area contributed by atoms with Crippen molar-refractivity contribution in [3.8, 4) is 22.6 Å². The second-order valence-corrected chi connectivity index (χ2v) is 10.3. The predicted molar refractivity (Wildman–Crippen MR) is 150 cm³/mol. The lowest BCUT2D eigenvalue weighted by atomic mass is 9.96. The molecular weight excluding hydrogens is 527 g/mol. The highest BCUT2D eigenvalue weighted by atomic mass is 35.5. The molecule has 0 bridgehead atoms. The monoisotopic (exact) mass is 556 g/mol. The van der Waals surface area contributed by atoms with Gasteiger partial charge >= 0.3 is 0 Å². The number of fused-ring (bicyclic) bond motifs is 1. The zero-order valence-corrected chi connectivity index (χ0v) is 23.3. The number of rotatable bonds is 9. The molecule has 38 heavy (non-hydrogen) atoms. The van der Waals surface area contributed by atoms with Gasteiger partial charge in [0.2, 0.25) is 11.9 Å². The van der Waals surface area contributed by atoms with E-state index in [2.05, 4.69) is 21.9 Å². The standard InChI is InChI=1S/C28H30Cl2N4O4/c1-6-19(35)11-16-10-17(27(36)34(2)3)12-21(16)33-28-31-14-18-9-15(7-8-20(18)32-28)24-25(29)22(37-4)13-23(38-5)26(24)30/h6-9,13-14,16-17,21H,1,10-12H2,2-5H3,(H,31,32,33)/t16?,17-,21?/m1/s1. The molecule has 1 heterocycles. The van der Waals surface area contributed by atoms with E-state index in [1.165, 1.54) is 20.3 Å². The number of nitrogens with one attached hydrogen (secondary N) is 1. The molecule has 0 aliphatic heterocycles. The molecule has 1 fully saturated rings. The second kappa shape index (κ2) is 11.6. The number of hydrogen-bond acceptors (Lipinski definition) is 7. The number of carbonyl (C=O) groups excluding carboxylic acids is 2. The smallest absolute Gasteiger partial charge is 0.225 e. The summed E-state index contributed by atoms with van der Waals surface area (Å²) in [6.45, 7) is 3.59. The van der Waals surface area contributed by atoms with Gasteiger partial charge in [0.05, 0.1) is 29.8 Å². The highest BCUT2D eigenvalue weighted by Crippen LogP contribution is 2.46. The van der Waals surface area contributed by atoms with Crippen LogP contribution in [-0.4, -0.2) is 60.9 Å². The van der Waals surface area contributed by atoms with Crippen molar-refractivity contribution in [2.45, 2.75) is 25.3 Å². The van der Waals surface area contributed by atoms with Gasteiger partial charge in [-0.15, -0.1) is 0 Å². The zero-order chi connectivity index (χ0) is 27.6. The molecule has 0 saturated heterocycles. The van der Waals surface area contributed by atoms with Crippen molar-refractivity contribution in [1.29, 1.82) is 0 Å². The number of allylic oxidation sites excluding steroid dienone is 1. The van der Waals surface area contributed by atoms with E-state index in [4.69, 9.17) is 32.7 Å². The third-order valence-electron chi connectivity index (χ3n) is 6.93. The first-order valence-corrected chi connectivity index (χ1v) is 12.9. The van der Waals surface area contributed by atoms with E-state index in [1.807, 2.05) is 18.2 Å². The number of halogens is 2. The third-order valence-corrected chi connectivity index (χ3v) is 7.68. The van der Waals surface area contributed by atoms with Crippen molar-refractivity contribution in [2.75, 3.05) is 33.6 Å². The Morgan fingerprint density at radius 1 is 1.13 bits per heavy atom. The third kappa shape index (κ3) is 5.56. The Bertz CT molecular complexity index is 1370. The van der Waals surface area contributed by atoms with Crippen LogP contribution in [0.4, 0.5) is 5.95 Å². The largest absolute Gasteiger partial charge is 0.495 e. The molecule has 0 radical (unpaired) electrons. The minimum atomic E-state index is -0.164. The summed E-state index contributed by atoms with van der Waals surface area (Å²) in [5.74, 6) is 1.16. The Hall–Kier alpha value is -3.36. The Morgan fingerprint density at radius 2 is 1.82 bits per heavy atom. The lowest BCUT2D eigenvalue weighted by Gasteiger charge is -2.20. The fourth-order valence-electron chi connectivity index (χ4n) is 5.00. The molecule has 200 valence electrons. The molecule has 2 unspecified atom stereocenters. The molecule has 1 amide bonds. The topological polar surface area (TPSA) is 93.7 Å². The summed E-state index contributed by atoms with van der Waals surface area (Å²) >= 11 is 13.2. The van der Waals surface area contributed by atoms with Gasteiger partial charge in [-0.05, 0) is 42.5 Å². The minimum Gasteiger partial charge on any atom is -0.495 e. The van der Waals surface area contributed by atoms with Gasteiger partial charge in [0, 0.05) is 55.7 Å². The van der Waals surface area contributed by atoms with Crippen LogP contribution in [0.5, 0.6) is 11.5 Å². The molecule has 1 aliphatic rings. The van der Waals surface area contributed by atoms with Crippen LogP contribution in [0.3, 0.4) is 0 Å². The Labute approximate surface area is 231 Å². The molecule has 1 N–H and O–H groups in total. The first kappa shape index (κ1) is 27.7. The quantitative estimate of drug-likeness (QED) is 0.340. The molecule has 1 saturated carbocycles. The fourth-order valence-corrected chi connectivity index (χ4v) is 5.72. The molecule has 1 aromatic heterocycles. The van der Waals surface area contributed by atoms with Crippen LogP contribution in [0, 0.1) is 11.8 Å². The highest BCUT2D eigenvalue weighted by Gasteiger charge is 2.39. The highest BCUT2D eigenvalue weighted by molar-refractivity contribution is 6.41. The maximum absolute atomic E-state index is 12.6. The zero-order valence-electron chi connectivity index (χ0n) is 21.8. The van der Waals surface area contributed by atoms with E-state index < -0.39 is 0 Å². The van der Waals surface area contributed by atoms with Gasteiger partial charge in [0.15, 0.2) is 5.78 Å². The van der Waals surface area contributed by atoms with Crippen LogP contribution in [0.25, 0.3) is 22.0 Å². The van der Waals surface area contributed by atoms with Gasteiger partial charge in [0.25, 0.3) is 0 Å². The number of aromatic nitrogens is 2. The van der Waals surface area contributed by atoms with Crippen molar-refractivity contribution in [1.82, 2.24) is 14.9 Å². The fraction of sp³-hybridized carbons (Fsp3) is 0.357. The number of carbonyl (C=O) groups is 2. The van der Waals surface area contributed by atoms with E-state index in [-0.39, 0.29) is 29.6 Å². The van der Waals surface area contributed by atoms with Crippen molar-refractivity contribution in [2.24, 2.45) is 11.8 Å². The number of amides is 1. The van der Waals surface area contributed by atoms with Crippen molar-refractivity contribution in [3.05, 3.63) is 53.2 Å². The molecule has 4 rings (SSSR count).